The lowest BCUT2D eigenvalue weighted by atomic mass is 9.96. The smallest absolute Gasteiger partial charge is 0.305 e. The molecule has 0 bridgehead atoms. The van der Waals surface area contributed by atoms with Gasteiger partial charge in [-0.1, -0.05) is 6.07 Å². The molecule has 2 aromatic heterocycles. The van der Waals surface area contributed by atoms with Crippen molar-refractivity contribution in [2.45, 2.75) is 38.8 Å². The van der Waals surface area contributed by atoms with Gasteiger partial charge in [0.1, 0.15) is 5.82 Å². The van der Waals surface area contributed by atoms with Gasteiger partial charge in [-0.3, -0.25) is 9.78 Å². The van der Waals surface area contributed by atoms with Crippen molar-refractivity contribution in [2.75, 3.05) is 13.7 Å². The van der Waals surface area contributed by atoms with E-state index in [1.165, 1.54) is 19.2 Å². The first-order valence-electron chi connectivity index (χ1n) is 10.9. The standard InChI is InChI=1S/C25H27FN4O2S/c1-16-15-20(17(2)30(16)19-11-9-18(26)10-12-19)24-23(21-7-4-5-13-27-21)28-25(33)29(24)14-6-8-22(31)32-3/h4-5,7,9-13,15,23-24H,6,8,14H2,1-3H3,(H,28,33)/t23-,24+/m1/s1. The Bertz CT molecular complexity index is 1150. The zero-order valence-electron chi connectivity index (χ0n) is 18.9. The van der Waals surface area contributed by atoms with E-state index in [0.717, 1.165) is 28.3 Å². The summed E-state index contributed by atoms with van der Waals surface area (Å²) >= 11 is 5.72. The molecule has 6 nitrogen and oxygen atoms in total. The number of halogens is 1. The van der Waals surface area contributed by atoms with Crippen molar-refractivity contribution in [1.29, 1.82) is 0 Å². The van der Waals surface area contributed by atoms with Crippen LogP contribution in [-0.2, 0) is 9.53 Å². The number of nitrogens with zero attached hydrogens (tertiary/aromatic N) is 3. The number of benzene rings is 1. The van der Waals surface area contributed by atoms with E-state index in [2.05, 4.69) is 32.8 Å². The Labute approximate surface area is 198 Å². The summed E-state index contributed by atoms with van der Waals surface area (Å²) in [4.78, 5) is 18.4. The number of thiocarbonyl (C=S) groups is 1. The minimum atomic E-state index is -0.265. The third kappa shape index (κ3) is 4.61. The van der Waals surface area contributed by atoms with Crippen LogP contribution in [0.5, 0.6) is 0 Å². The molecule has 3 heterocycles. The Morgan fingerprint density at radius 3 is 2.64 bits per heavy atom. The normalized spacial score (nSPS) is 17.8. The summed E-state index contributed by atoms with van der Waals surface area (Å²) in [7, 11) is 1.40. The summed E-state index contributed by atoms with van der Waals surface area (Å²) < 4.78 is 20.4. The minimum Gasteiger partial charge on any atom is -0.469 e. The van der Waals surface area contributed by atoms with E-state index in [-0.39, 0.29) is 23.9 Å². The number of methoxy groups -OCH3 is 1. The number of ether oxygens (including phenoxy) is 1. The van der Waals surface area contributed by atoms with Crippen molar-refractivity contribution in [1.82, 2.24) is 19.8 Å². The number of hydrogen-bond acceptors (Lipinski definition) is 4. The summed E-state index contributed by atoms with van der Waals surface area (Å²) in [6.45, 7) is 4.71. The monoisotopic (exact) mass is 466 g/mol. The van der Waals surface area contributed by atoms with Gasteiger partial charge in [0.25, 0.3) is 0 Å². The molecule has 0 radical (unpaired) electrons. The number of carbonyl (C=O) groups is 1. The Morgan fingerprint density at radius 2 is 1.97 bits per heavy atom. The topological polar surface area (TPSA) is 59.4 Å². The van der Waals surface area contributed by atoms with Crippen LogP contribution in [0, 0.1) is 19.7 Å². The molecular formula is C25H27FN4O2S. The highest BCUT2D eigenvalue weighted by Crippen LogP contribution is 2.41. The Morgan fingerprint density at radius 1 is 1.21 bits per heavy atom. The highest BCUT2D eigenvalue weighted by Gasteiger charge is 2.41. The number of esters is 1. The maximum absolute atomic E-state index is 13.5. The molecule has 0 spiro atoms. The number of aryl methyl sites for hydroxylation is 1. The van der Waals surface area contributed by atoms with Crippen LogP contribution < -0.4 is 5.32 Å². The Hall–Kier alpha value is -3.26. The van der Waals surface area contributed by atoms with E-state index >= 15 is 0 Å². The third-order valence-electron chi connectivity index (χ3n) is 6.08. The van der Waals surface area contributed by atoms with Gasteiger partial charge < -0.3 is 19.5 Å². The van der Waals surface area contributed by atoms with Crippen LogP contribution in [0.25, 0.3) is 5.69 Å². The van der Waals surface area contributed by atoms with Gasteiger partial charge in [0.2, 0.25) is 0 Å². The molecule has 0 aliphatic carbocycles. The third-order valence-corrected chi connectivity index (χ3v) is 6.43. The first kappa shape index (κ1) is 22.9. The molecule has 1 aromatic carbocycles. The van der Waals surface area contributed by atoms with Crippen molar-refractivity contribution in [2.24, 2.45) is 0 Å². The number of hydrogen-bond donors (Lipinski definition) is 1. The summed E-state index contributed by atoms with van der Waals surface area (Å²) in [5, 5.41) is 4.08. The fraction of sp³-hybridized carbons (Fsp3) is 0.320. The minimum absolute atomic E-state index is 0.106. The van der Waals surface area contributed by atoms with Gasteiger partial charge in [-0.05, 0) is 80.5 Å². The van der Waals surface area contributed by atoms with Crippen LogP contribution in [0.3, 0.4) is 0 Å². The second kappa shape index (κ2) is 9.70. The molecule has 3 aromatic rings. The number of carbonyl (C=O) groups excluding carboxylic acids is 1. The fourth-order valence-corrected chi connectivity index (χ4v) is 4.89. The highest BCUT2D eigenvalue weighted by atomic mass is 32.1. The van der Waals surface area contributed by atoms with E-state index in [1.54, 1.807) is 18.3 Å². The summed E-state index contributed by atoms with van der Waals surface area (Å²) in [5.41, 5.74) is 5.00. The van der Waals surface area contributed by atoms with Crippen LogP contribution in [0.1, 0.15) is 47.6 Å². The average Bonchev–Trinajstić information content (AvgIpc) is 3.30. The molecule has 0 saturated carbocycles. The van der Waals surface area contributed by atoms with Crippen LogP contribution in [0.2, 0.25) is 0 Å². The van der Waals surface area contributed by atoms with Gasteiger partial charge in [-0.25, -0.2) is 4.39 Å². The van der Waals surface area contributed by atoms with Crippen LogP contribution in [0.4, 0.5) is 4.39 Å². The SMILES string of the molecule is COC(=O)CCCN1C(=S)N[C@H](c2ccccn2)[C@@H]1c1cc(C)n(-c2ccc(F)cc2)c1C. The van der Waals surface area contributed by atoms with Crippen molar-refractivity contribution in [3.8, 4) is 5.69 Å². The predicted octanol–water partition coefficient (Wildman–Crippen LogP) is 4.55. The molecule has 0 amide bonds. The van der Waals surface area contributed by atoms with Gasteiger partial charge in [-0.2, -0.15) is 0 Å². The van der Waals surface area contributed by atoms with E-state index in [0.29, 0.717) is 24.5 Å². The van der Waals surface area contributed by atoms with Crippen molar-refractivity contribution in [3.05, 3.63) is 83.2 Å². The highest BCUT2D eigenvalue weighted by molar-refractivity contribution is 7.80. The molecule has 33 heavy (non-hydrogen) atoms. The van der Waals surface area contributed by atoms with Crippen LogP contribution in [0.15, 0.2) is 54.7 Å². The number of nitrogens with one attached hydrogen (secondary N) is 1. The summed E-state index contributed by atoms with van der Waals surface area (Å²) in [6.07, 6.45) is 2.72. The van der Waals surface area contributed by atoms with E-state index in [9.17, 15) is 9.18 Å². The molecule has 8 heteroatoms. The zero-order chi connectivity index (χ0) is 23.5. The van der Waals surface area contributed by atoms with Gasteiger partial charge in [-0.15, -0.1) is 0 Å². The van der Waals surface area contributed by atoms with Crippen molar-refractivity contribution in [3.63, 3.8) is 0 Å². The predicted molar refractivity (Wildman–Crippen MR) is 129 cm³/mol. The molecule has 1 aliphatic heterocycles. The number of rotatable bonds is 7. The molecule has 172 valence electrons. The molecular weight excluding hydrogens is 439 g/mol. The first-order valence-corrected chi connectivity index (χ1v) is 11.3. The molecule has 1 aliphatic rings. The second-order valence-corrected chi connectivity index (χ2v) is 8.52. The quantitative estimate of drug-likeness (QED) is 0.407. The lowest BCUT2D eigenvalue weighted by Crippen LogP contribution is -2.31. The van der Waals surface area contributed by atoms with Crippen molar-refractivity contribution < 1.29 is 13.9 Å². The van der Waals surface area contributed by atoms with Crippen molar-refractivity contribution >= 4 is 23.3 Å². The molecule has 1 fully saturated rings. The molecule has 1 saturated heterocycles. The maximum Gasteiger partial charge on any atom is 0.305 e. The molecule has 4 rings (SSSR count). The number of aromatic nitrogens is 2. The average molecular weight is 467 g/mol. The fourth-order valence-electron chi connectivity index (χ4n) is 4.56. The van der Waals surface area contributed by atoms with Gasteiger partial charge in [0.15, 0.2) is 5.11 Å². The molecule has 1 N–H and O–H groups in total. The second-order valence-electron chi connectivity index (χ2n) is 8.14. The molecule has 2 atom stereocenters. The largest absolute Gasteiger partial charge is 0.469 e. The van der Waals surface area contributed by atoms with Gasteiger partial charge in [0, 0.05) is 36.2 Å². The van der Waals surface area contributed by atoms with Gasteiger partial charge >= 0.3 is 5.97 Å². The molecule has 0 unspecified atom stereocenters. The number of pyridine rings is 1. The summed E-state index contributed by atoms with van der Waals surface area (Å²) in [6, 6.07) is 14.2. The summed E-state index contributed by atoms with van der Waals surface area (Å²) in [5.74, 6) is -0.501. The van der Waals surface area contributed by atoms with Gasteiger partial charge in [0.05, 0.1) is 24.9 Å². The van der Waals surface area contributed by atoms with Crippen LogP contribution >= 0.6 is 12.2 Å². The lowest BCUT2D eigenvalue weighted by Gasteiger charge is -2.28. The van der Waals surface area contributed by atoms with Crippen LogP contribution in [-0.4, -0.2) is 39.2 Å². The zero-order valence-corrected chi connectivity index (χ0v) is 19.7. The van der Waals surface area contributed by atoms with E-state index in [4.69, 9.17) is 17.0 Å². The Balaban J connectivity index is 1.74. The Kier molecular flexibility index (Phi) is 6.74. The maximum atomic E-state index is 13.5. The first-order chi connectivity index (χ1) is 15.9. The van der Waals surface area contributed by atoms with E-state index < -0.39 is 0 Å². The lowest BCUT2D eigenvalue weighted by molar-refractivity contribution is -0.140. The van der Waals surface area contributed by atoms with E-state index in [1.807, 2.05) is 25.1 Å².